The molecule has 1 N–H and O–H groups in total. The van der Waals surface area contributed by atoms with Crippen molar-refractivity contribution in [2.75, 3.05) is 13.1 Å². The van der Waals surface area contributed by atoms with Crippen molar-refractivity contribution in [2.45, 2.75) is 70.9 Å². The average molecular weight is 457 g/mol. The molecule has 9 heteroatoms. The van der Waals surface area contributed by atoms with E-state index in [0.29, 0.717) is 25.0 Å². The van der Waals surface area contributed by atoms with Crippen molar-refractivity contribution in [3.63, 3.8) is 0 Å². The number of aryl methyl sites for hydroxylation is 2. The van der Waals surface area contributed by atoms with E-state index >= 15 is 0 Å². The minimum atomic E-state index is -0.706. The number of benzene rings is 1. The Balaban J connectivity index is 1.66. The standard InChI is InChI=1S/C24H32N4O5/c1-14-12-16(15-8-10-27(11-9-15)23(32)33-24(2,3)4)20-18(13-14)28(22(31)26(20)5)17-6-7-19(29)25-21(17)30/h12-13,15,17H,6-11H2,1-5H3,(H,25,29,30). The van der Waals surface area contributed by atoms with E-state index in [0.717, 1.165) is 29.5 Å². The summed E-state index contributed by atoms with van der Waals surface area (Å²) < 4.78 is 8.64. The zero-order valence-electron chi connectivity index (χ0n) is 19.9. The van der Waals surface area contributed by atoms with Gasteiger partial charge in [-0.05, 0) is 70.1 Å². The number of nitrogens with one attached hydrogen (secondary N) is 1. The van der Waals surface area contributed by atoms with Crippen LogP contribution in [0.5, 0.6) is 0 Å². The van der Waals surface area contributed by atoms with E-state index < -0.39 is 17.6 Å². The molecule has 1 atom stereocenters. The summed E-state index contributed by atoms with van der Waals surface area (Å²) in [6.07, 6.45) is 1.74. The van der Waals surface area contributed by atoms with Crippen molar-refractivity contribution in [1.29, 1.82) is 0 Å². The van der Waals surface area contributed by atoms with Gasteiger partial charge in [-0.1, -0.05) is 6.07 Å². The van der Waals surface area contributed by atoms with Gasteiger partial charge in [-0.3, -0.25) is 24.0 Å². The quantitative estimate of drug-likeness (QED) is 0.700. The van der Waals surface area contributed by atoms with Crippen molar-refractivity contribution < 1.29 is 19.1 Å². The Morgan fingerprint density at radius 1 is 1.09 bits per heavy atom. The zero-order valence-corrected chi connectivity index (χ0v) is 19.9. The molecule has 4 rings (SSSR count). The number of rotatable bonds is 2. The van der Waals surface area contributed by atoms with E-state index in [2.05, 4.69) is 11.4 Å². The number of fused-ring (bicyclic) bond motifs is 1. The van der Waals surface area contributed by atoms with Crippen molar-refractivity contribution in [3.05, 3.63) is 33.7 Å². The summed E-state index contributed by atoms with van der Waals surface area (Å²) in [7, 11) is 1.72. The number of nitrogens with zero attached hydrogens (tertiary/aromatic N) is 3. The predicted octanol–water partition coefficient (Wildman–Crippen LogP) is 2.74. The second kappa shape index (κ2) is 8.35. The van der Waals surface area contributed by atoms with E-state index in [1.165, 1.54) is 4.57 Å². The van der Waals surface area contributed by atoms with Gasteiger partial charge in [0.15, 0.2) is 0 Å². The van der Waals surface area contributed by atoms with E-state index in [1.54, 1.807) is 16.5 Å². The first-order valence-electron chi connectivity index (χ1n) is 11.5. The maximum Gasteiger partial charge on any atom is 0.410 e. The lowest BCUT2D eigenvalue weighted by Crippen LogP contribution is -2.44. The van der Waals surface area contributed by atoms with Crippen molar-refractivity contribution >= 4 is 28.9 Å². The topological polar surface area (TPSA) is 103 Å². The molecule has 2 aliphatic rings. The lowest BCUT2D eigenvalue weighted by Gasteiger charge is -2.34. The predicted molar refractivity (Wildman–Crippen MR) is 123 cm³/mol. The number of amides is 3. The molecule has 2 aromatic rings. The molecular formula is C24H32N4O5. The molecule has 33 heavy (non-hydrogen) atoms. The number of hydrogen-bond acceptors (Lipinski definition) is 5. The van der Waals surface area contributed by atoms with Gasteiger partial charge in [-0.2, -0.15) is 0 Å². The van der Waals surface area contributed by atoms with Gasteiger partial charge in [-0.25, -0.2) is 9.59 Å². The number of hydrogen-bond donors (Lipinski definition) is 1. The highest BCUT2D eigenvalue weighted by Crippen LogP contribution is 2.35. The Hall–Kier alpha value is -3.10. The smallest absolute Gasteiger partial charge is 0.410 e. The molecule has 1 aromatic heterocycles. The summed E-state index contributed by atoms with van der Waals surface area (Å²) in [6, 6.07) is 3.33. The molecule has 0 spiro atoms. The third kappa shape index (κ3) is 4.41. The van der Waals surface area contributed by atoms with E-state index in [9.17, 15) is 19.2 Å². The number of aromatic nitrogens is 2. The number of imide groups is 1. The van der Waals surface area contributed by atoms with Gasteiger partial charge >= 0.3 is 11.8 Å². The fourth-order valence-electron chi connectivity index (χ4n) is 4.94. The molecule has 0 aliphatic carbocycles. The summed E-state index contributed by atoms with van der Waals surface area (Å²) in [4.78, 5) is 51.6. The molecule has 3 heterocycles. The van der Waals surface area contributed by atoms with Crippen molar-refractivity contribution in [1.82, 2.24) is 19.4 Å². The Kier molecular flexibility index (Phi) is 5.84. The Morgan fingerprint density at radius 2 is 1.76 bits per heavy atom. The second-order valence-electron chi connectivity index (χ2n) is 10.1. The normalized spacial score (nSPS) is 20.3. The lowest BCUT2D eigenvalue weighted by atomic mass is 9.87. The van der Waals surface area contributed by atoms with Crippen LogP contribution < -0.4 is 11.0 Å². The van der Waals surface area contributed by atoms with Crippen molar-refractivity contribution in [3.8, 4) is 0 Å². The summed E-state index contributed by atoms with van der Waals surface area (Å²) in [6.45, 7) is 8.71. The Labute approximate surface area is 192 Å². The van der Waals surface area contributed by atoms with Crippen LogP contribution in [0.3, 0.4) is 0 Å². The number of carbonyl (C=O) groups excluding carboxylic acids is 3. The van der Waals surface area contributed by atoms with Gasteiger partial charge < -0.3 is 9.64 Å². The number of ether oxygens (including phenoxy) is 1. The zero-order chi connectivity index (χ0) is 24.1. The Bertz CT molecular complexity index is 1180. The molecule has 2 saturated heterocycles. The highest BCUT2D eigenvalue weighted by atomic mass is 16.6. The van der Waals surface area contributed by atoms with E-state index in [4.69, 9.17) is 4.74 Å². The molecule has 1 unspecified atom stereocenters. The van der Waals surface area contributed by atoms with Gasteiger partial charge in [0.05, 0.1) is 11.0 Å². The van der Waals surface area contributed by atoms with Gasteiger partial charge in [0.1, 0.15) is 11.6 Å². The third-order valence-corrected chi connectivity index (χ3v) is 6.46. The van der Waals surface area contributed by atoms with E-state index in [1.807, 2.05) is 33.8 Å². The number of carbonyl (C=O) groups is 3. The van der Waals surface area contributed by atoms with Gasteiger partial charge in [0.2, 0.25) is 11.8 Å². The maximum atomic E-state index is 13.2. The summed E-state index contributed by atoms with van der Waals surface area (Å²) in [5, 5.41) is 2.36. The van der Waals surface area contributed by atoms with Crippen LogP contribution in [-0.4, -0.2) is 50.6 Å². The summed E-state index contributed by atoms with van der Waals surface area (Å²) >= 11 is 0. The summed E-state index contributed by atoms with van der Waals surface area (Å²) in [5.41, 5.74) is 2.77. The molecule has 0 bridgehead atoms. The highest BCUT2D eigenvalue weighted by molar-refractivity contribution is 6.00. The van der Waals surface area contributed by atoms with Crippen LogP contribution in [0.4, 0.5) is 4.79 Å². The van der Waals surface area contributed by atoms with Crippen molar-refractivity contribution in [2.24, 2.45) is 7.05 Å². The minimum Gasteiger partial charge on any atom is -0.444 e. The molecule has 0 radical (unpaired) electrons. The monoisotopic (exact) mass is 456 g/mol. The maximum absolute atomic E-state index is 13.2. The number of likely N-dealkylation sites (tertiary alicyclic amines) is 1. The molecule has 1 aromatic carbocycles. The average Bonchev–Trinajstić information content (AvgIpc) is 2.97. The number of piperidine rings is 2. The van der Waals surface area contributed by atoms with Crippen LogP contribution in [0.25, 0.3) is 11.0 Å². The second-order valence-corrected chi connectivity index (χ2v) is 10.1. The van der Waals surface area contributed by atoms with Crippen LogP contribution in [0.1, 0.15) is 69.5 Å². The van der Waals surface area contributed by atoms with Crippen LogP contribution in [0, 0.1) is 6.92 Å². The third-order valence-electron chi connectivity index (χ3n) is 6.46. The fraction of sp³-hybridized carbons (Fsp3) is 0.583. The number of imidazole rings is 1. The fourth-order valence-corrected chi connectivity index (χ4v) is 4.94. The first-order valence-corrected chi connectivity index (χ1v) is 11.5. The van der Waals surface area contributed by atoms with Gasteiger partial charge in [0.25, 0.3) is 0 Å². The van der Waals surface area contributed by atoms with Crippen LogP contribution in [-0.2, 0) is 21.4 Å². The first-order chi connectivity index (χ1) is 15.5. The first kappa shape index (κ1) is 23.1. The van der Waals surface area contributed by atoms with Crippen LogP contribution >= 0.6 is 0 Å². The van der Waals surface area contributed by atoms with Gasteiger partial charge in [-0.15, -0.1) is 0 Å². The largest absolute Gasteiger partial charge is 0.444 e. The SMILES string of the molecule is Cc1cc(C2CCN(C(=O)OC(C)(C)C)CC2)c2c(c1)n(C1CCC(=O)NC1=O)c(=O)n2C. The molecular weight excluding hydrogens is 424 g/mol. The molecule has 178 valence electrons. The summed E-state index contributed by atoms with van der Waals surface area (Å²) in [5.74, 6) is -0.568. The van der Waals surface area contributed by atoms with Crippen LogP contribution in [0.2, 0.25) is 0 Å². The highest BCUT2D eigenvalue weighted by Gasteiger charge is 2.33. The van der Waals surface area contributed by atoms with E-state index in [-0.39, 0.29) is 30.0 Å². The molecule has 9 nitrogen and oxygen atoms in total. The van der Waals surface area contributed by atoms with Gasteiger partial charge in [0, 0.05) is 26.6 Å². The minimum absolute atomic E-state index is 0.175. The molecule has 2 fully saturated rings. The molecule has 3 amide bonds. The molecule has 2 aliphatic heterocycles. The lowest BCUT2D eigenvalue weighted by molar-refractivity contribution is -0.135. The Morgan fingerprint density at radius 3 is 2.36 bits per heavy atom. The molecule has 0 saturated carbocycles. The van der Waals surface area contributed by atoms with Crippen LogP contribution in [0.15, 0.2) is 16.9 Å².